The smallest absolute Gasteiger partial charge is 0.142 e. The second-order valence-corrected chi connectivity index (χ2v) is 5.21. The molecule has 1 rings (SSSR count). The molecule has 0 aliphatic carbocycles. The lowest BCUT2D eigenvalue weighted by molar-refractivity contribution is 0.306. The third-order valence-corrected chi connectivity index (χ3v) is 3.21. The summed E-state index contributed by atoms with van der Waals surface area (Å²) in [6, 6.07) is 6.13. The predicted octanol–water partition coefficient (Wildman–Crippen LogP) is 4.74. The normalized spacial score (nSPS) is 10.9. The average molecular weight is 249 g/mol. The minimum absolute atomic E-state index is 0.510. The number of unbranched alkanes of at least 4 members (excludes halogenated alkanes) is 4. The Morgan fingerprint density at radius 1 is 1.11 bits per heavy atom. The van der Waals surface area contributed by atoms with E-state index in [1.54, 1.807) is 0 Å². The Labute approximate surface area is 112 Å². The van der Waals surface area contributed by atoms with E-state index in [1.165, 1.54) is 31.2 Å². The summed E-state index contributed by atoms with van der Waals surface area (Å²) in [6.07, 6.45) is 6.28. The maximum Gasteiger partial charge on any atom is 0.142 e. The molecule has 0 aliphatic rings. The quantitative estimate of drug-likeness (QED) is 0.533. The molecule has 0 heterocycles. The van der Waals surface area contributed by atoms with Gasteiger partial charge < -0.3 is 10.5 Å². The first-order valence-electron chi connectivity index (χ1n) is 7.17. The van der Waals surface area contributed by atoms with Crippen molar-refractivity contribution in [1.82, 2.24) is 0 Å². The van der Waals surface area contributed by atoms with Gasteiger partial charge >= 0.3 is 0 Å². The van der Waals surface area contributed by atoms with Crippen LogP contribution in [0.1, 0.15) is 64.4 Å². The van der Waals surface area contributed by atoms with Crippen LogP contribution in [-0.2, 0) is 0 Å². The molecular weight excluding hydrogens is 222 g/mol. The largest absolute Gasteiger partial charge is 0.491 e. The van der Waals surface area contributed by atoms with E-state index in [2.05, 4.69) is 26.8 Å². The number of nitrogens with two attached hydrogens (primary N) is 1. The highest BCUT2D eigenvalue weighted by molar-refractivity contribution is 5.54. The van der Waals surface area contributed by atoms with Crippen molar-refractivity contribution in [2.45, 2.75) is 58.8 Å². The third-order valence-electron chi connectivity index (χ3n) is 3.21. The molecule has 0 saturated carbocycles. The molecule has 2 N–H and O–H groups in total. The zero-order chi connectivity index (χ0) is 13.4. The van der Waals surface area contributed by atoms with Crippen LogP contribution in [0.2, 0.25) is 0 Å². The topological polar surface area (TPSA) is 35.2 Å². The van der Waals surface area contributed by atoms with Gasteiger partial charge in [0.05, 0.1) is 12.3 Å². The first kappa shape index (κ1) is 14.9. The molecule has 0 fully saturated rings. The van der Waals surface area contributed by atoms with E-state index in [9.17, 15) is 0 Å². The van der Waals surface area contributed by atoms with Gasteiger partial charge in [-0.1, -0.05) is 52.5 Å². The van der Waals surface area contributed by atoms with Gasteiger partial charge in [0.2, 0.25) is 0 Å². The van der Waals surface area contributed by atoms with Gasteiger partial charge in [-0.15, -0.1) is 0 Å². The van der Waals surface area contributed by atoms with Crippen molar-refractivity contribution >= 4 is 5.69 Å². The standard InChI is InChI=1S/C16H27NO/c1-4-5-6-7-8-11-18-16-10-9-14(13(2)3)12-15(16)17/h9-10,12-13H,4-8,11,17H2,1-3H3. The van der Waals surface area contributed by atoms with E-state index in [0.29, 0.717) is 5.92 Å². The molecule has 0 unspecified atom stereocenters. The van der Waals surface area contributed by atoms with Gasteiger partial charge in [-0.05, 0) is 30.0 Å². The number of nitrogen functional groups attached to an aromatic ring is 1. The summed E-state index contributed by atoms with van der Waals surface area (Å²) in [5, 5.41) is 0. The van der Waals surface area contributed by atoms with E-state index in [1.807, 2.05) is 12.1 Å². The summed E-state index contributed by atoms with van der Waals surface area (Å²) in [7, 11) is 0. The first-order valence-corrected chi connectivity index (χ1v) is 7.17. The highest BCUT2D eigenvalue weighted by Gasteiger charge is 2.04. The molecular formula is C16H27NO. The molecule has 1 aromatic carbocycles. The lowest BCUT2D eigenvalue weighted by Gasteiger charge is -2.12. The van der Waals surface area contributed by atoms with Crippen molar-refractivity contribution in [2.24, 2.45) is 0 Å². The molecule has 0 amide bonds. The first-order chi connectivity index (χ1) is 8.65. The van der Waals surface area contributed by atoms with Gasteiger partial charge in [-0.3, -0.25) is 0 Å². The van der Waals surface area contributed by atoms with E-state index in [-0.39, 0.29) is 0 Å². The molecule has 0 radical (unpaired) electrons. The van der Waals surface area contributed by atoms with E-state index >= 15 is 0 Å². The van der Waals surface area contributed by atoms with Crippen molar-refractivity contribution in [3.8, 4) is 5.75 Å². The van der Waals surface area contributed by atoms with Crippen LogP contribution >= 0.6 is 0 Å². The van der Waals surface area contributed by atoms with Crippen molar-refractivity contribution in [3.63, 3.8) is 0 Å². The molecule has 0 atom stereocenters. The maximum absolute atomic E-state index is 6.00. The van der Waals surface area contributed by atoms with Gasteiger partial charge in [0.25, 0.3) is 0 Å². The Kier molecular flexibility index (Phi) is 6.63. The molecule has 0 aliphatic heterocycles. The van der Waals surface area contributed by atoms with Crippen molar-refractivity contribution in [1.29, 1.82) is 0 Å². The number of anilines is 1. The lowest BCUT2D eigenvalue weighted by Crippen LogP contribution is -2.01. The minimum Gasteiger partial charge on any atom is -0.491 e. The van der Waals surface area contributed by atoms with E-state index in [0.717, 1.165) is 24.5 Å². The summed E-state index contributed by atoms with van der Waals surface area (Å²) >= 11 is 0. The number of benzene rings is 1. The van der Waals surface area contributed by atoms with Gasteiger partial charge in [-0.25, -0.2) is 0 Å². The Bertz CT molecular complexity index is 347. The van der Waals surface area contributed by atoms with Crippen molar-refractivity contribution < 1.29 is 4.74 Å². The van der Waals surface area contributed by atoms with Crippen molar-refractivity contribution in [2.75, 3.05) is 12.3 Å². The van der Waals surface area contributed by atoms with Gasteiger partial charge in [0.15, 0.2) is 0 Å². The molecule has 0 bridgehead atoms. The molecule has 18 heavy (non-hydrogen) atoms. The minimum atomic E-state index is 0.510. The van der Waals surface area contributed by atoms with Crippen LogP contribution in [0.25, 0.3) is 0 Å². The molecule has 2 nitrogen and oxygen atoms in total. The summed E-state index contributed by atoms with van der Waals surface area (Å²) < 4.78 is 5.73. The molecule has 0 aromatic heterocycles. The maximum atomic E-state index is 6.00. The summed E-state index contributed by atoms with van der Waals surface area (Å²) in [5.74, 6) is 1.34. The van der Waals surface area contributed by atoms with Crippen LogP contribution < -0.4 is 10.5 Å². The van der Waals surface area contributed by atoms with Crippen LogP contribution in [0.3, 0.4) is 0 Å². The second kappa shape index (κ2) is 8.02. The van der Waals surface area contributed by atoms with Crippen LogP contribution in [-0.4, -0.2) is 6.61 Å². The third kappa shape index (κ3) is 4.99. The summed E-state index contributed by atoms with van der Waals surface area (Å²) in [6.45, 7) is 7.34. The highest BCUT2D eigenvalue weighted by atomic mass is 16.5. The van der Waals surface area contributed by atoms with E-state index < -0.39 is 0 Å². The van der Waals surface area contributed by atoms with Crippen molar-refractivity contribution in [3.05, 3.63) is 23.8 Å². The molecule has 102 valence electrons. The lowest BCUT2D eigenvalue weighted by atomic mass is 10.0. The highest BCUT2D eigenvalue weighted by Crippen LogP contribution is 2.26. The van der Waals surface area contributed by atoms with E-state index in [4.69, 9.17) is 10.5 Å². The fraction of sp³-hybridized carbons (Fsp3) is 0.625. The SMILES string of the molecule is CCCCCCCOc1ccc(C(C)C)cc1N. The molecule has 2 heteroatoms. The van der Waals surface area contributed by atoms with Gasteiger partial charge in [-0.2, -0.15) is 0 Å². The second-order valence-electron chi connectivity index (χ2n) is 5.21. The number of hydrogen-bond acceptors (Lipinski definition) is 2. The number of rotatable bonds is 8. The fourth-order valence-electron chi connectivity index (χ4n) is 1.95. The molecule has 0 spiro atoms. The predicted molar refractivity (Wildman–Crippen MR) is 79.2 cm³/mol. The Balaban J connectivity index is 2.34. The van der Waals surface area contributed by atoms with Gasteiger partial charge in [0.1, 0.15) is 5.75 Å². The average Bonchev–Trinajstić information content (AvgIpc) is 2.35. The summed E-state index contributed by atoms with van der Waals surface area (Å²) in [4.78, 5) is 0. The molecule has 1 aromatic rings. The van der Waals surface area contributed by atoms with Crippen LogP contribution in [0.5, 0.6) is 5.75 Å². The zero-order valence-corrected chi connectivity index (χ0v) is 12.0. The molecule has 0 saturated heterocycles. The Hall–Kier alpha value is -1.18. The monoisotopic (exact) mass is 249 g/mol. The zero-order valence-electron chi connectivity index (χ0n) is 12.0. The van der Waals surface area contributed by atoms with Gasteiger partial charge in [0, 0.05) is 0 Å². The summed E-state index contributed by atoms with van der Waals surface area (Å²) in [5.41, 5.74) is 8.02. The Morgan fingerprint density at radius 3 is 2.44 bits per heavy atom. The van der Waals surface area contributed by atoms with Crippen LogP contribution in [0.4, 0.5) is 5.69 Å². The fourth-order valence-corrected chi connectivity index (χ4v) is 1.95. The number of ether oxygens (including phenoxy) is 1. The Morgan fingerprint density at radius 2 is 1.83 bits per heavy atom. The number of hydrogen-bond donors (Lipinski definition) is 1. The van der Waals surface area contributed by atoms with Crippen LogP contribution in [0.15, 0.2) is 18.2 Å². The van der Waals surface area contributed by atoms with Crippen LogP contribution in [0, 0.1) is 0 Å².